The smallest absolute Gasteiger partial charge is 0.120 e. The second-order valence-electron chi connectivity index (χ2n) is 4.43. The van der Waals surface area contributed by atoms with Crippen LogP contribution in [0.2, 0.25) is 0 Å². The zero-order valence-corrected chi connectivity index (χ0v) is 13.3. The molecule has 0 amide bonds. The van der Waals surface area contributed by atoms with Crippen molar-refractivity contribution >= 4 is 27.5 Å². The summed E-state index contributed by atoms with van der Waals surface area (Å²) in [5, 5.41) is 8.85. The number of hydrogen-bond donors (Lipinski definition) is 0. The lowest BCUT2D eigenvalue weighted by Crippen LogP contribution is -1.99. The van der Waals surface area contributed by atoms with Crippen LogP contribution in [0.5, 0.6) is 5.75 Å². The lowest BCUT2D eigenvalue weighted by molar-refractivity contribution is 0.305. The quantitative estimate of drug-likeness (QED) is 0.731. The van der Waals surface area contributed by atoms with Crippen molar-refractivity contribution in [1.82, 2.24) is 0 Å². The van der Waals surface area contributed by atoms with E-state index in [0.717, 1.165) is 26.9 Å². The average molecular weight is 351 g/mol. The van der Waals surface area contributed by atoms with E-state index in [0.29, 0.717) is 18.1 Å². The number of nitrogens with zero attached hydrogens (tertiary/aromatic N) is 1. The van der Waals surface area contributed by atoms with Crippen LogP contribution in [0.15, 0.2) is 40.9 Å². The van der Waals surface area contributed by atoms with Crippen molar-refractivity contribution < 1.29 is 4.74 Å². The Morgan fingerprint density at radius 3 is 2.65 bits per heavy atom. The molecular formula is C16H13BrClNO. The highest BCUT2D eigenvalue weighted by atomic mass is 79.9. The molecular weight excluding hydrogens is 338 g/mol. The predicted octanol–water partition coefficient (Wildman–Crippen LogP) is 4.95. The van der Waals surface area contributed by atoms with Gasteiger partial charge in [0.2, 0.25) is 0 Å². The van der Waals surface area contributed by atoms with Gasteiger partial charge < -0.3 is 4.74 Å². The zero-order valence-electron chi connectivity index (χ0n) is 11.0. The molecule has 0 saturated carbocycles. The third kappa shape index (κ3) is 3.53. The van der Waals surface area contributed by atoms with Crippen LogP contribution < -0.4 is 4.74 Å². The molecule has 0 aliphatic rings. The molecule has 0 heterocycles. The number of ether oxygens (including phenoxy) is 1. The highest BCUT2D eigenvalue weighted by molar-refractivity contribution is 9.10. The number of alkyl halides is 1. The minimum Gasteiger partial charge on any atom is -0.489 e. The van der Waals surface area contributed by atoms with Gasteiger partial charge in [0.25, 0.3) is 0 Å². The van der Waals surface area contributed by atoms with Crippen molar-refractivity contribution in [3.05, 3.63) is 63.1 Å². The summed E-state index contributed by atoms with van der Waals surface area (Å²) < 4.78 is 6.76. The maximum absolute atomic E-state index is 8.85. The Hall–Kier alpha value is -1.50. The molecule has 0 bridgehead atoms. The van der Waals surface area contributed by atoms with Gasteiger partial charge in [0.05, 0.1) is 11.6 Å². The molecule has 0 unspecified atom stereocenters. The number of rotatable bonds is 4. The molecule has 0 saturated heterocycles. The molecule has 2 rings (SSSR count). The Balaban J connectivity index is 2.11. The molecule has 0 atom stereocenters. The van der Waals surface area contributed by atoms with Gasteiger partial charge in [-0.3, -0.25) is 0 Å². The van der Waals surface area contributed by atoms with Gasteiger partial charge in [-0.15, -0.1) is 11.6 Å². The molecule has 4 heteroatoms. The van der Waals surface area contributed by atoms with Gasteiger partial charge in [0.1, 0.15) is 12.4 Å². The van der Waals surface area contributed by atoms with Crippen LogP contribution in [0.4, 0.5) is 0 Å². The maximum Gasteiger partial charge on any atom is 0.120 e. The largest absolute Gasteiger partial charge is 0.489 e. The fourth-order valence-electron chi connectivity index (χ4n) is 1.83. The summed E-state index contributed by atoms with van der Waals surface area (Å²) in [5.41, 5.74) is 3.79. The van der Waals surface area contributed by atoms with Gasteiger partial charge in [-0.1, -0.05) is 22.0 Å². The summed E-state index contributed by atoms with van der Waals surface area (Å²) in [7, 11) is 0. The average Bonchev–Trinajstić information content (AvgIpc) is 2.47. The Bertz CT molecular complexity index is 664. The van der Waals surface area contributed by atoms with Crippen molar-refractivity contribution in [2.45, 2.75) is 19.4 Å². The molecule has 2 aromatic rings. The predicted molar refractivity (Wildman–Crippen MR) is 83.9 cm³/mol. The summed E-state index contributed by atoms with van der Waals surface area (Å²) in [5.74, 6) is 1.22. The Labute approximate surface area is 132 Å². The minimum absolute atomic E-state index is 0.438. The monoisotopic (exact) mass is 349 g/mol. The number of halogens is 2. The van der Waals surface area contributed by atoms with Crippen molar-refractivity contribution in [2.24, 2.45) is 0 Å². The van der Waals surface area contributed by atoms with Gasteiger partial charge in [-0.05, 0) is 53.9 Å². The van der Waals surface area contributed by atoms with Gasteiger partial charge in [-0.2, -0.15) is 5.26 Å². The Kier molecular flexibility index (Phi) is 5.05. The third-order valence-electron chi connectivity index (χ3n) is 3.03. The third-order valence-corrected chi connectivity index (χ3v) is 4.09. The molecule has 0 fully saturated rings. The van der Waals surface area contributed by atoms with E-state index in [-0.39, 0.29) is 0 Å². The number of hydrogen-bond acceptors (Lipinski definition) is 2. The highest BCUT2D eigenvalue weighted by Crippen LogP contribution is 2.25. The van der Waals surface area contributed by atoms with E-state index in [1.165, 1.54) is 0 Å². The standard InChI is InChI=1S/C16H13BrClNO/c1-11-6-12(9-19)2-3-13(11)10-20-15-4-5-16(17)14(7-15)8-18/h2-7H,8,10H2,1H3. The van der Waals surface area contributed by atoms with Crippen LogP contribution in [0, 0.1) is 18.3 Å². The second kappa shape index (κ2) is 6.78. The van der Waals surface area contributed by atoms with Crippen molar-refractivity contribution in [3.63, 3.8) is 0 Å². The lowest BCUT2D eigenvalue weighted by atomic mass is 10.1. The van der Waals surface area contributed by atoms with Crippen LogP contribution in [-0.4, -0.2) is 0 Å². The van der Waals surface area contributed by atoms with E-state index in [1.54, 1.807) is 6.07 Å². The molecule has 0 aromatic heterocycles. The minimum atomic E-state index is 0.438. The first-order chi connectivity index (χ1) is 9.63. The maximum atomic E-state index is 8.85. The van der Waals surface area contributed by atoms with E-state index < -0.39 is 0 Å². The number of nitriles is 1. The van der Waals surface area contributed by atoms with Crippen LogP contribution >= 0.6 is 27.5 Å². The highest BCUT2D eigenvalue weighted by Gasteiger charge is 2.04. The van der Waals surface area contributed by atoms with Gasteiger partial charge in [0.15, 0.2) is 0 Å². The van der Waals surface area contributed by atoms with E-state index in [9.17, 15) is 0 Å². The molecule has 0 aliphatic carbocycles. The molecule has 0 spiro atoms. The van der Waals surface area contributed by atoms with E-state index >= 15 is 0 Å². The van der Waals surface area contributed by atoms with E-state index in [1.807, 2.05) is 37.3 Å². The number of benzene rings is 2. The Morgan fingerprint density at radius 1 is 1.20 bits per heavy atom. The number of aryl methyl sites for hydroxylation is 1. The fourth-order valence-corrected chi connectivity index (χ4v) is 2.60. The van der Waals surface area contributed by atoms with Crippen LogP contribution in [0.1, 0.15) is 22.3 Å². The molecule has 0 N–H and O–H groups in total. The first-order valence-corrected chi connectivity index (χ1v) is 7.43. The molecule has 2 nitrogen and oxygen atoms in total. The topological polar surface area (TPSA) is 33.0 Å². The van der Waals surface area contributed by atoms with Crippen LogP contribution in [0.25, 0.3) is 0 Å². The van der Waals surface area contributed by atoms with Gasteiger partial charge in [-0.25, -0.2) is 0 Å². The van der Waals surface area contributed by atoms with Crippen LogP contribution in [-0.2, 0) is 12.5 Å². The summed E-state index contributed by atoms with van der Waals surface area (Å²) in [6, 6.07) is 13.5. The summed E-state index contributed by atoms with van der Waals surface area (Å²) in [6.07, 6.45) is 0. The van der Waals surface area contributed by atoms with Gasteiger partial charge >= 0.3 is 0 Å². The normalized spacial score (nSPS) is 10.1. The zero-order chi connectivity index (χ0) is 14.5. The summed E-state index contributed by atoms with van der Waals surface area (Å²) in [4.78, 5) is 0. The molecule has 0 radical (unpaired) electrons. The van der Waals surface area contributed by atoms with Gasteiger partial charge in [0, 0.05) is 10.4 Å². The van der Waals surface area contributed by atoms with E-state index in [4.69, 9.17) is 21.6 Å². The SMILES string of the molecule is Cc1cc(C#N)ccc1COc1ccc(Br)c(CCl)c1. The molecule has 102 valence electrons. The molecule has 0 aliphatic heterocycles. The van der Waals surface area contributed by atoms with Crippen molar-refractivity contribution in [2.75, 3.05) is 0 Å². The summed E-state index contributed by atoms with van der Waals surface area (Å²) >= 11 is 9.31. The van der Waals surface area contributed by atoms with Crippen molar-refractivity contribution in [1.29, 1.82) is 5.26 Å². The first-order valence-electron chi connectivity index (χ1n) is 6.11. The first kappa shape index (κ1) is 14.9. The van der Waals surface area contributed by atoms with Crippen LogP contribution in [0.3, 0.4) is 0 Å². The molecule has 20 heavy (non-hydrogen) atoms. The summed E-state index contributed by atoms with van der Waals surface area (Å²) in [6.45, 7) is 2.45. The fraction of sp³-hybridized carbons (Fsp3) is 0.188. The molecule has 2 aromatic carbocycles. The lowest BCUT2D eigenvalue weighted by Gasteiger charge is -2.10. The van der Waals surface area contributed by atoms with E-state index in [2.05, 4.69) is 22.0 Å². The second-order valence-corrected chi connectivity index (χ2v) is 5.55. The Morgan fingerprint density at radius 2 is 2.00 bits per heavy atom. The van der Waals surface area contributed by atoms with Crippen molar-refractivity contribution in [3.8, 4) is 11.8 Å².